The van der Waals surface area contributed by atoms with E-state index in [1.165, 1.54) is 6.92 Å². The molecule has 7 nitrogen and oxygen atoms in total. The van der Waals surface area contributed by atoms with Crippen molar-refractivity contribution in [3.05, 3.63) is 0 Å². The summed E-state index contributed by atoms with van der Waals surface area (Å²) in [5, 5.41) is 13.6. The Morgan fingerprint density at radius 2 is 1.89 bits per heavy atom. The van der Waals surface area contributed by atoms with Crippen LogP contribution in [0.4, 0.5) is 4.79 Å². The molecule has 1 atom stereocenters. The summed E-state index contributed by atoms with van der Waals surface area (Å²) >= 11 is 0. The maximum absolute atomic E-state index is 11.4. The lowest BCUT2D eigenvalue weighted by Gasteiger charge is -2.14. The van der Waals surface area contributed by atoms with E-state index in [1.807, 2.05) is 6.92 Å². The highest BCUT2D eigenvalue weighted by atomic mass is 32.2. The van der Waals surface area contributed by atoms with Gasteiger partial charge in [-0.15, -0.1) is 0 Å². The standard InChI is InChI=1S/C11H22N2O5S/c1-3-5-6-9(10(14)15)13-11(16)12-7-8-19(17,18)4-2/h9H,3-8H2,1-2H3,(H,14,15)(H2,12,13,16). The van der Waals surface area contributed by atoms with Gasteiger partial charge in [-0.25, -0.2) is 18.0 Å². The fourth-order valence-electron chi connectivity index (χ4n) is 1.34. The van der Waals surface area contributed by atoms with E-state index in [0.29, 0.717) is 12.8 Å². The number of aliphatic carboxylic acids is 1. The van der Waals surface area contributed by atoms with Crippen molar-refractivity contribution >= 4 is 21.8 Å². The number of carbonyl (C=O) groups is 2. The number of carboxylic acids is 1. The van der Waals surface area contributed by atoms with Gasteiger partial charge in [0.15, 0.2) is 9.84 Å². The van der Waals surface area contributed by atoms with Gasteiger partial charge in [0.25, 0.3) is 0 Å². The summed E-state index contributed by atoms with van der Waals surface area (Å²) in [6.45, 7) is 3.43. The smallest absolute Gasteiger partial charge is 0.326 e. The van der Waals surface area contributed by atoms with Crippen molar-refractivity contribution in [2.45, 2.75) is 39.2 Å². The zero-order chi connectivity index (χ0) is 14.9. The molecule has 0 aliphatic carbocycles. The summed E-state index contributed by atoms with van der Waals surface area (Å²) in [5.41, 5.74) is 0. The average molecular weight is 294 g/mol. The van der Waals surface area contributed by atoms with Crippen molar-refractivity contribution in [3.8, 4) is 0 Å². The number of hydrogen-bond acceptors (Lipinski definition) is 4. The second kappa shape index (κ2) is 8.73. The monoisotopic (exact) mass is 294 g/mol. The lowest BCUT2D eigenvalue weighted by molar-refractivity contribution is -0.139. The molecule has 0 heterocycles. The lowest BCUT2D eigenvalue weighted by atomic mass is 10.1. The third kappa shape index (κ3) is 8.41. The highest BCUT2D eigenvalue weighted by Gasteiger charge is 2.19. The summed E-state index contributed by atoms with van der Waals surface area (Å²) in [5.74, 6) is -1.22. The quantitative estimate of drug-likeness (QED) is 0.568. The maximum atomic E-state index is 11.4. The summed E-state index contributed by atoms with van der Waals surface area (Å²) in [6.07, 6.45) is 1.88. The Kier molecular flexibility index (Phi) is 8.13. The van der Waals surface area contributed by atoms with E-state index in [4.69, 9.17) is 5.11 Å². The molecule has 0 aliphatic rings. The summed E-state index contributed by atoms with van der Waals surface area (Å²) in [6, 6.07) is -1.60. The molecule has 0 aromatic heterocycles. The number of rotatable bonds is 9. The van der Waals surface area contributed by atoms with Crippen LogP contribution in [0.2, 0.25) is 0 Å². The molecule has 112 valence electrons. The fraction of sp³-hybridized carbons (Fsp3) is 0.818. The summed E-state index contributed by atoms with van der Waals surface area (Å²) < 4.78 is 22.4. The lowest BCUT2D eigenvalue weighted by Crippen LogP contribution is -2.46. The highest BCUT2D eigenvalue weighted by molar-refractivity contribution is 7.91. The summed E-state index contributed by atoms with van der Waals surface area (Å²) in [4.78, 5) is 22.3. The highest BCUT2D eigenvalue weighted by Crippen LogP contribution is 2.00. The van der Waals surface area contributed by atoms with Crippen LogP contribution in [0.25, 0.3) is 0 Å². The van der Waals surface area contributed by atoms with Crippen LogP contribution in [0.5, 0.6) is 0 Å². The molecule has 0 radical (unpaired) electrons. The fourth-order valence-corrected chi connectivity index (χ4v) is 2.04. The van der Waals surface area contributed by atoms with Gasteiger partial charge in [-0.05, 0) is 6.42 Å². The first-order valence-corrected chi connectivity index (χ1v) is 8.12. The number of hydrogen-bond donors (Lipinski definition) is 3. The zero-order valence-corrected chi connectivity index (χ0v) is 12.1. The van der Waals surface area contributed by atoms with Gasteiger partial charge in [-0.1, -0.05) is 26.7 Å². The molecule has 19 heavy (non-hydrogen) atoms. The molecule has 1 unspecified atom stereocenters. The van der Waals surface area contributed by atoms with Crippen molar-refractivity contribution in [3.63, 3.8) is 0 Å². The third-order valence-electron chi connectivity index (χ3n) is 2.59. The Morgan fingerprint density at radius 3 is 2.37 bits per heavy atom. The number of urea groups is 1. The van der Waals surface area contributed by atoms with Crippen LogP contribution >= 0.6 is 0 Å². The first kappa shape index (κ1) is 17.7. The first-order valence-electron chi connectivity index (χ1n) is 6.30. The molecule has 0 aromatic rings. The van der Waals surface area contributed by atoms with Crippen molar-refractivity contribution in [1.82, 2.24) is 10.6 Å². The van der Waals surface area contributed by atoms with E-state index in [2.05, 4.69) is 10.6 Å². The van der Waals surface area contributed by atoms with Crippen LogP contribution in [0.1, 0.15) is 33.1 Å². The minimum absolute atomic E-state index is 0.0184. The molecule has 0 fully saturated rings. The SMILES string of the molecule is CCCCC(NC(=O)NCCS(=O)(=O)CC)C(=O)O. The number of amides is 2. The molecule has 8 heteroatoms. The molecule has 0 saturated carbocycles. The van der Waals surface area contributed by atoms with Crippen molar-refractivity contribution in [2.24, 2.45) is 0 Å². The van der Waals surface area contributed by atoms with E-state index < -0.39 is 27.9 Å². The Balaban J connectivity index is 4.10. The van der Waals surface area contributed by atoms with Gasteiger partial charge in [-0.2, -0.15) is 0 Å². The van der Waals surface area contributed by atoms with Gasteiger partial charge >= 0.3 is 12.0 Å². The van der Waals surface area contributed by atoms with Gasteiger partial charge in [0, 0.05) is 12.3 Å². The van der Waals surface area contributed by atoms with Gasteiger partial charge in [-0.3, -0.25) is 0 Å². The van der Waals surface area contributed by atoms with Crippen LogP contribution in [0.3, 0.4) is 0 Å². The Hall–Kier alpha value is -1.31. The molecule has 0 spiro atoms. The maximum Gasteiger partial charge on any atom is 0.326 e. The molecule has 0 rings (SSSR count). The normalized spacial score (nSPS) is 12.7. The van der Waals surface area contributed by atoms with Crippen LogP contribution in [0.15, 0.2) is 0 Å². The van der Waals surface area contributed by atoms with Crippen LogP contribution < -0.4 is 10.6 Å². The van der Waals surface area contributed by atoms with Crippen molar-refractivity contribution < 1.29 is 23.1 Å². The predicted molar refractivity (Wildman–Crippen MR) is 71.8 cm³/mol. The zero-order valence-electron chi connectivity index (χ0n) is 11.3. The van der Waals surface area contributed by atoms with Gasteiger partial charge in [0.05, 0.1) is 5.75 Å². The Labute approximate surface area is 113 Å². The minimum Gasteiger partial charge on any atom is -0.480 e. The minimum atomic E-state index is -3.13. The topological polar surface area (TPSA) is 113 Å². The number of unbranched alkanes of at least 4 members (excludes halogenated alkanes) is 1. The number of carbonyl (C=O) groups excluding carboxylic acids is 1. The second-order valence-electron chi connectivity index (χ2n) is 4.17. The molecule has 0 aliphatic heterocycles. The molecular formula is C11H22N2O5S. The second-order valence-corrected chi connectivity index (χ2v) is 6.64. The number of nitrogens with one attached hydrogen (secondary N) is 2. The van der Waals surface area contributed by atoms with Gasteiger partial charge in [0.2, 0.25) is 0 Å². The third-order valence-corrected chi connectivity index (χ3v) is 4.29. The molecule has 0 aromatic carbocycles. The van der Waals surface area contributed by atoms with E-state index in [1.54, 1.807) is 0 Å². The van der Waals surface area contributed by atoms with E-state index in [-0.39, 0.29) is 18.1 Å². The Bertz CT molecular complexity index is 394. The molecule has 2 amide bonds. The number of sulfone groups is 1. The molecule has 0 saturated heterocycles. The van der Waals surface area contributed by atoms with E-state index >= 15 is 0 Å². The molecule has 0 bridgehead atoms. The molecule has 3 N–H and O–H groups in total. The number of carboxylic acid groups (broad SMARTS) is 1. The van der Waals surface area contributed by atoms with Crippen LogP contribution in [-0.2, 0) is 14.6 Å². The average Bonchev–Trinajstić information content (AvgIpc) is 2.33. The van der Waals surface area contributed by atoms with Crippen LogP contribution in [0, 0.1) is 0 Å². The Morgan fingerprint density at radius 1 is 1.26 bits per heavy atom. The van der Waals surface area contributed by atoms with Crippen LogP contribution in [-0.4, -0.2) is 49.6 Å². The first-order chi connectivity index (χ1) is 8.82. The van der Waals surface area contributed by atoms with Gasteiger partial charge in [0.1, 0.15) is 6.04 Å². The van der Waals surface area contributed by atoms with E-state index in [0.717, 1.165) is 6.42 Å². The van der Waals surface area contributed by atoms with Crippen molar-refractivity contribution in [2.75, 3.05) is 18.1 Å². The molecular weight excluding hydrogens is 272 g/mol. The van der Waals surface area contributed by atoms with Gasteiger partial charge < -0.3 is 15.7 Å². The predicted octanol–water partition coefficient (Wildman–Crippen LogP) is 0.364. The largest absolute Gasteiger partial charge is 0.480 e. The van der Waals surface area contributed by atoms with Crippen molar-refractivity contribution in [1.29, 1.82) is 0 Å². The van der Waals surface area contributed by atoms with E-state index in [9.17, 15) is 18.0 Å². The summed E-state index contributed by atoms with van der Waals surface area (Å²) in [7, 11) is -3.13.